The van der Waals surface area contributed by atoms with E-state index in [4.69, 9.17) is 0 Å². The number of nitrogens with one attached hydrogen (secondary N) is 1. The Morgan fingerprint density at radius 3 is 2.10 bits per heavy atom. The van der Waals surface area contributed by atoms with Gasteiger partial charge in [-0.15, -0.1) is 0 Å². The maximum Gasteiger partial charge on any atom is 0.326 e. The van der Waals surface area contributed by atoms with Gasteiger partial charge >= 0.3 is 5.97 Å². The van der Waals surface area contributed by atoms with E-state index in [-0.39, 0.29) is 12.3 Å². The van der Waals surface area contributed by atoms with Crippen LogP contribution in [0.1, 0.15) is 63.4 Å². The average molecular weight is 529 g/mol. The maximum atomic E-state index is 12.0. The number of carbonyl (C=O) groups is 2. The van der Waals surface area contributed by atoms with Crippen molar-refractivity contribution in [2.75, 3.05) is 0 Å². The Morgan fingerprint density at radius 2 is 1.52 bits per heavy atom. The maximum absolute atomic E-state index is 12.0. The molecule has 6 heteroatoms. The van der Waals surface area contributed by atoms with Crippen molar-refractivity contribution in [2.24, 2.45) is 0 Å². The molecule has 1 aromatic carbocycles. The normalized spacial score (nSPS) is 11.9. The standard InChI is InChI=1S/C23H31Br2NO3/c24-21(25)16-12-7-5-3-1-2-4-6-8-13-17-22(27)26-20(23(28)29)18-19-14-10-9-11-15-19/h9-11,13-17,20H,1-8,12,18H2,(H,26,27)(H,28,29)/b17-13+/t20-/m0/s1. The molecular weight excluding hydrogens is 498 g/mol. The van der Waals surface area contributed by atoms with Crippen LogP contribution in [0.4, 0.5) is 0 Å². The Kier molecular flexibility index (Phi) is 14.5. The zero-order valence-corrected chi connectivity index (χ0v) is 20.0. The Balaban J connectivity index is 2.11. The molecule has 0 spiro atoms. The SMILES string of the molecule is O=C(/C=C/CCCCCCCCCC=C(Br)Br)N[C@@H](Cc1ccccc1)C(=O)O. The topological polar surface area (TPSA) is 66.4 Å². The van der Waals surface area contributed by atoms with E-state index < -0.39 is 12.0 Å². The van der Waals surface area contributed by atoms with E-state index in [0.717, 1.165) is 34.6 Å². The van der Waals surface area contributed by atoms with Crippen molar-refractivity contribution in [1.29, 1.82) is 0 Å². The summed E-state index contributed by atoms with van der Waals surface area (Å²) in [6.07, 6.45) is 16.1. The van der Waals surface area contributed by atoms with Gasteiger partial charge in [-0.25, -0.2) is 4.79 Å². The fourth-order valence-corrected chi connectivity index (χ4v) is 3.42. The lowest BCUT2D eigenvalue weighted by atomic mass is 10.1. The van der Waals surface area contributed by atoms with Gasteiger partial charge in [0.05, 0.1) is 3.39 Å². The van der Waals surface area contributed by atoms with Crippen LogP contribution in [0, 0.1) is 0 Å². The molecule has 0 bridgehead atoms. The zero-order chi connectivity index (χ0) is 21.3. The summed E-state index contributed by atoms with van der Waals surface area (Å²) in [5.74, 6) is -1.37. The lowest BCUT2D eigenvalue weighted by molar-refractivity contribution is -0.141. The molecule has 1 atom stereocenters. The van der Waals surface area contributed by atoms with Gasteiger partial charge in [-0.1, -0.05) is 74.6 Å². The molecule has 0 saturated heterocycles. The van der Waals surface area contributed by atoms with E-state index in [2.05, 4.69) is 43.3 Å². The van der Waals surface area contributed by atoms with Crippen LogP contribution < -0.4 is 5.32 Å². The van der Waals surface area contributed by atoms with Crippen molar-refractivity contribution in [3.8, 4) is 0 Å². The highest BCUT2D eigenvalue weighted by atomic mass is 79.9. The van der Waals surface area contributed by atoms with E-state index in [9.17, 15) is 14.7 Å². The van der Waals surface area contributed by atoms with Crippen LogP contribution in [0.5, 0.6) is 0 Å². The first kappa shape index (κ1) is 25.6. The molecule has 0 heterocycles. The summed E-state index contributed by atoms with van der Waals surface area (Å²) in [6, 6.07) is 8.40. The average Bonchev–Trinajstić information content (AvgIpc) is 2.68. The number of carbonyl (C=O) groups excluding carboxylic acids is 1. The fraction of sp³-hybridized carbons (Fsp3) is 0.478. The van der Waals surface area contributed by atoms with Gasteiger partial charge in [-0.3, -0.25) is 4.79 Å². The predicted octanol–water partition coefficient (Wildman–Crippen LogP) is 6.50. The number of unbranched alkanes of at least 4 members (excludes halogenated alkanes) is 8. The number of carboxylic acid groups (broad SMARTS) is 1. The second-order valence-corrected chi connectivity index (χ2v) is 9.81. The highest BCUT2D eigenvalue weighted by molar-refractivity contribution is 9.28. The third-order valence-electron chi connectivity index (χ3n) is 4.54. The van der Waals surface area contributed by atoms with E-state index >= 15 is 0 Å². The molecule has 1 rings (SSSR count). The number of rotatable bonds is 15. The lowest BCUT2D eigenvalue weighted by Gasteiger charge is -2.13. The highest BCUT2D eigenvalue weighted by Gasteiger charge is 2.19. The third kappa shape index (κ3) is 14.3. The highest BCUT2D eigenvalue weighted by Crippen LogP contribution is 2.16. The van der Waals surface area contributed by atoms with Gasteiger partial charge < -0.3 is 10.4 Å². The summed E-state index contributed by atoms with van der Waals surface area (Å²) in [7, 11) is 0. The van der Waals surface area contributed by atoms with E-state index in [1.165, 1.54) is 38.2 Å². The van der Waals surface area contributed by atoms with Gasteiger partial charge in [-0.2, -0.15) is 0 Å². The molecule has 4 nitrogen and oxygen atoms in total. The van der Waals surface area contributed by atoms with Crippen LogP contribution in [-0.4, -0.2) is 23.0 Å². The lowest BCUT2D eigenvalue weighted by Crippen LogP contribution is -2.41. The number of aliphatic carboxylic acids is 1. The number of carboxylic acids is 1. The van der Waals surface area contributed by atoms with Crippen LogP contribution >= 0.6 is 31.9 Å². The second-order valence-electron chi connectivity index (χ2n) is 7.04. The summed E-state index contributed by atoms with van der Waals surface area (Å²) < 4.78 is 1.03. The molecule has 0 fully saturated rings. The molecule has 160 valence electrons. The van der Waals surface area contributed by atoms with Gasteiger partial charge in [0, 0.05) is 6.42 Å². The second kappa shape index (κ2) is 16.4. The molecule has 29 heavy (non-hydrogen) atoms. The fourth-order valence-electron chi connectivity index (χ4n) is 2.96. The number of hydrogen-bond donors (Lipinski definition) is 2. The van der Waals surface area contributed by atoms with Gasteiger partial charge in [0.25, 0.3) is 0 Å². The number of hydrogen-bond acceptors (Lipinski definition) is 2. The zero-order valence-electron chi connectivity index (χ0n) is 16.8. The van der Waals surface area contributed by atoms with E-state index in [0.29, 0.717) is 0 Å². The van der Waals surface area contributed by atoms with Crippen LogP contribution in [0.3, 0.4) is 0 Å². The minimum Gasteiger partial charge on any atom is -0.480 e. The molecule has 0 radical (unpaired) electrons. The first-order chi connectivity index (χ1) is 14.0. The molecule has 0 saturated carbocycles. The molecule has 0 aromatic heterocycles. The van der Waals surface area contributed by atoms with Crippen LogP contribution in [0.25, 0.3) is 0 Å². The molecule has 0 unspecified atom stereocenters. The molecule has 1 aromatic rings. The van der Waals surface area contributed by atoms with Gasteiger partial charge in [-0.05, 0) is 69.2 Å². The van der Waals surface area contributed by atoms with Crippen LogP contribution in [0.15, 0.2) is 52.0 Å². The summed E-state index contributed by atoms with van der Waals surface area (Å²) >= 11 is 6.72. The van der Waals surface area contributed by atoms with Crippen LogP contribution in [-0.2, 0) is 16.0 Å². The van der Waals surface area contributed by atoms with E-state index in [1.54, 1.807) is 0 Å². The number of benzene rings is 1. The van der Waals surface area contributed by atoms with Crippen molar-refractivity contribution in [1.82, 2.24) is 5.32 Å². The first-order valence-electron chi connectivity index (χ1n) is 10.2. The molecule has 2 N–H and O–H groups in total. The predicted molar refractivity (Wildman–Crippen MR) is 126 cm³/mol. The van der Waals surface area contributed by atoms with Crippen molar-refractivity contribution in [3.63, 3.8) is 0 Å². The quantitative estimate of drug-likeness (QED) is 0.202. The molecule has 0 aliphatic rings. The first-order valence-corrected chi connectivity index (χ1v) is 11.8. The number of halogens is 2. The largest absolute Gasteiger partial charge is 0.480 e. The van der Waals surface area contributed by atoms with Gasteiger partial charge in [0.2, 0.25) is 5.91 Å². The smallest absolute Gasteiger partial charge is 0.326 e. The van der Waals surface area contributed by atoms with E-state index in [1.807, 2.05) is 36.4 Å². The monoisotopic (exact) mass is 527 g/mol. The Bertz CT molecular complexity index is 655. The van der Waals surface area contributed by atoms with Gasteiger partial charge in [0.15, 0.2) is 0 Å². The Labute approximate surface area is 191 Å². The van der Waals surface area contributed by atoms with Gasteiger partial charge in [0.1, 0.15) is 6.04 Å². The molecule has 1 amide bonds. The summed E-state index contributed by atoms with van der Waals surface area (Å²) in [5.41, 5.74) is 0.886. The van der Waals surface area contributed by atoms with Crippen molar-refractivity contribution in [3.05, 3.63) is 57.5 Å². The molecular formula is C23H31Br2NO3. The van der Waals surface area contributed by atoms with Crippen molar-refractivity contribution >= 4 is 43.7 Å². The minimum atomic E-state index is -1.02. The Morgan fingerprint density at radius 1 is 0.931 bits per heavy atom. The number of allylic oxidation sites excluding steroid dienone is 2. The van der Waals surface area contributed by atoms with Crippen LogP contribution in [0.2, 0.25) is 0 Å². The Hall–Kier alpha value is -1.40. The summed E-state index contributed by atoms with van der Waals surface area (Å²) in [4.78, 5) is 23.4. The van der Waals surface area contributed by atoms with Crippen molar-refractivity contribution in [2.45, 2.75) is 70.3 Å². The molecule has 0 aliphatic carbocycles. The van der Waals surface area contributed by atoms with Crippen molar-refractivity contribution < 1.29 is 14.7 Å². The summed E-state index contributed by atoms with van der Waals surface area (Å²) in [5, 5.41) is 11.9. The number of amides is 1. The molecule has 0 aliphatic heterocycles. The third-order valence-corrected chi connectivity index (χ3v) is 5.19. The minimum absolute atomic E-state index is 0.277. The summed E-state index contributed by atoms with van der Waals surface area (Å²) in [6.45, 7) is 0.